The molecule has 0 saturated heterocycles. The highest BCUT2D eigenvalue weighted by atomic mass is 16.5. The van der Waals surface area contributed by atoms with Crippen molar-refractivity contribution in [2.45, 2.75) is 51.5 Å². The summed E-state index contributed by atoms with van der Waals surface area (Å²) in [5, 5.41) is 0. The minimum absolute atomic E-state index is 0.354. The largest absolute Gasteiger partial charge is 0.362 e. The molecule has 0 aliphatic carbocycles. The molecule has 2 unspecified atom stereocenters. The van der Waals surface area contributed by atoms with E-state index < -0.39 is 17.9 Å². The SMILES string of the molecule is [2H]C([2H])([2H])c1c(-c2ccc(-c3ccccc3)cc2)cc(-c2cccc(CC(OC)(c3ccc(-c4ccccc4)cc3)c3cccc[n+]3C)c2C)[n+](C)c1CC(C)(c1ccccc1C)c1cccc[n+]1C. The average Bonchev–Trinajstić information content (AvgIpc) is 3.37. The van der Waals surface area contributed by atoms with Gasteiger partial charge in [-0.1, -0.05) is 152 Å². The number of hydrogen-bond acceptors (Lipinski definition) is 1. The van der Waals surface area contributed by atoms with Crippen molar-refractivity contribution in [3.63, 3.8) is 0 Å². The van der Waals surface area contributed by atoms with Gasteiger partial charge in [0.25, 0.3) is 0 Å². The first kappa shape index (κ1) is 41.2. The summed E-state index contributed by atoms with van der Waals surface area (Å²) in [6.45, 7) is 4.16. The lowest BCUT2D eigenvalue weighted by molar-refractivity contribution is -0.685. The summed E-state index contributed by atoms with van der Waals surface area (Å²) in [7, 11) is 8.02. The lowest BCUT2D eigenvalue weighted by Crippen LogP contribution is -2.47. The van der Waals surface area contributed by atoms with E-state index in [0.717, 1.165) is 84.0 Å². The Hall–Kier alpha value is -7.27. The van der Waals surface area contributed by atoms with Gasteiger partial charge in [-0.15, -0.1) is 0 Å². The average molecular weight is 880 g/mol. The number of aromatic nitrogens is 3. The summed E-state index contributed by atoms with van der Waals surface area (Å²) < 4.78 is 41.5. The van der Waals surface area contributed by atoms with E-state index in [0.29, 0.717) is 24.0 Å². The zero-order chi connectivity index (χ0) is 49.2. The van der Waals surface area contributed by atoms with Gasteiger partial charge in [0.1, 0.15) is 21.1 Å². The molecule has 332 valence electrons. The lowest BCUT2D eigenvalue weighted by atomic mass is 9.72. The fourth-order valence-electron chi connectivity index (χ4n) is 10.4. The fourth-order valence-corrected chi connectivity index (χ4v) is 10.4. The zero-order valence-corrected chi connectivity index (χ0v) is 39.8. The Morgan fingerprint density at radius 1 is 0.507 bits per heavy atom. The topological polar surface area (TPSA) is 20.9 Å². The molecule has 4 nitrogen and oxygen atoms in total. The number of nitrogens with zero attached hydrogens (tertiary/aromatic N) is 3. The van der Waals surface area contributed by atoms with E-state index in [1.54, 1.807) is 0 Å². The van der Waals surface area contributed by atoms with E-state index >= 15 is 0 Å². The van der Waals surface area contributed by atoms with Crippen molar-refractivity contribution in [3.8, 4) is 44.6 Å². The van der Waals surface area contributed by atoms with Gasteiger partial charge in [-0.25, -0.2) is 9.13 Å². The number of methoxy groups -OCH3 is 1. The molecule has 0 radical (unpaired) electrons. The number of hydrogen-bond donors (Lipinski definition) is 0. The van der Waals surface area contributed by atoms with Crippen LogP contribution in [0.15, 0.2) is 207 Å². The third-order valence-electron chi connectivity index (χ3n) is 14.2. The molecule has 0 fully saturated rings. The van der Waals surface area contributed by atoms with Crippen LogP contribution < -0.4 is 13.7 Å². The van der Waals surface area contributed by atoms with Crippen molar-refractivity contribution in [1.82, 2.24) is 0 Å². The Morgan fingerprint density at radius 3 is 1.63 bits per heavy atom. The predicted octanol–water partition coefficient (Wildman–Crippen LogP) is 12.4. The second-order valence-corrected chi connectivity index (χ2v) is 18.2. The first-order valence-electron chi connectivity index (χ1n) is 24.7. The van der Waals surface area contributed by atoms with Gasteiger partial charge in [-0.3, -0.25) is 0 Å². The molecule has 4 heteroatoms. The highest BCUT2D eigenvalue weighted by Crippen LogP contribution is 2.41. The van der Waals surface area contributed by atoms with Crippen molar-refractivity contribution < 1.29 is 22.6 Å². The summed E-state index contributed by atoms with van der Waals surface area (Å²) in [6.07, 6.45) is 5.11. The molecule has 67 heavy (non-hydrogen) atoms. The van der Waals surface area contributed by atoms with Crippen LogP contribution in [0, 0.1) is 20.7 Å². The third-order valence-corrected chi connectivity index (χ3v) is 14.2. The van der Waals surface area contributed by atoms with E-state index in [9.17, 15) is 4.11 Å². The van der Waals surface area contributed by atoms with Crippen LogP contribution in [0.4, 0.5) is 0 Å². The fraction of sp³-hybridized carbons (Fsp3) is 0.190. The Morgan fingerprint density at radius 2 is 1.04 bits per heavy atom. The van der Waals surface area contributed by atoms with Gasteiger partial charge >= 0.3 is 0 Å². The minimum Gasteiger partial charge on any atom is -0.362 e. The summed E-state index contributed by atoms with van der Waals surface area (Å²) in [5.41, 5.74) is 15.2. The summed E-state index contributed by atoms with van der Waals surface area (Å²) in [6, 6.07) is 67.6. The standard InChI is InChI=1S/C63H62N3O/c1-45-22-15-16-29-57(45)62(4,60-30-17-19-40-64(60)5)44-59-47(3)56(52-34-32-50(33-35-52)48-23-11-9-12-24-48)42-58(66(59)7)55-28-21-27-53(46(55)2)43-63(67-8,61-31-18-20-41-65(61)6)54-38-36-51(37-39-54)49-25-13-10-14-26-49/h9-42H,43-44H2,1-8H3/q+3/i3D3. The van der Waals surface area contributed by atoms with Crippen LogP contribution in [0.25, 0.3) is 44.6 Å². The van der Waals surface area contributed by atoms with Gasteiger partial charge in [-0.05, 0) is 101 Å². The first-order valence-corrected chi connectivity index (χ1v) is 23.2. The van der Waals surface area contributed by atoms with Gasteiger partial charge in [-0.2, -0.15) is 4.57 Å². The zero-order valence-electron chi connectivity index (χ0n) is 42.8. The van der Waals surface area contributed by atoms with E-state index in [1.165, 1.54) is 0 Å². The lowest BCUT2D eigenvalue weighted by Gasteiger charge is -2.32. The molecule has 0 bridgehead atoms. The quantitative estimate of drug-likeness (QED) is 0.106. The molecular formula is C63H62N3O+3. The Kier molecular flexibility index (Phi) is 11.6. The van der Waals surface area contributed by atoms with Crippen molar-refractivity contribution >= 4 is 0 Å². The minimum atomic E-state index is -2.46. The molecule has 2 atom stereocenters. The second kappa shape index (κ2) is 18.9. The van der Waals surface area contributed by atoms with Crippen LogP contribution in [0.1, 0.15) is 61.5 Å². The van der Waals surface area contributed by atoms with Gasteiger partial charge < -0.3 is 4.74 Å². The molecule has 0 aliphatic rings. The van der Waals surface area contributed by atoms with E-state index in [-0.39, 0.29) is 0 Å². The number of benzene rings is 6. The monoisotopic (exact) mass is 880 g/mol. The van der Waals surface area contributed by atoms with E-state index in [1.807, 2.05) is 43.5 Å². The van der Waals surface area contributed by atoms with E-state index in [2.05, 4.69) is 226 Å². The molecule has 9 aromatic rings. The summed E-state index contributed by atoms with van der Waals surface area (Å²) in [4.78, 5) is 0. The molecule has 9 rings (SSSR count). The van der Waals surface area contributed by atoms with Crippen LogP contribution >= 0.6 is 0 Å². The van der Waals surface area contributed by atoms with Crippen LogP contribution in [0.2, 0.25) is 0 Å². The third kappa shape index (κ3) is 8.54. The highest BCUT2D eigenvalue weighted by Gasteiger charge is 2.43. The van der Waals surface area contributed by atoms with Crippen molar-refractivity contribution in [1.29, 1.82) is 0 Å². The maximum absolute atomic E-state index is 9.39. The molecule has 0 amide bonds. The van der Waals surface area contributed by atoms with Crippen molar-refractivity contribution in [2.24, 2.45) is 21.1 Å². The first-order chi connectivity index (χ1) is 33.7. The second-order valence-electron chi connectivity index (χ2n) is 18.2. The highest BCUT2D eigenvalue weighted by molar-refractivity contribution is 5.76. The van der Waals surface area contributed by atoms with Crippen LogP contribution in [-0.2, 0) is 49.7 Å². The summed E-state index contributed by atoms with van der Waals surface area (Å²) in [5.74, 6) is 0. The predicted molar refractivity (Wildman–Crippen MR) is 273 cm³/mol. The van der Waals surface area contributed by atoms with Crippen molar-refractivity contribution in [2.75, 3.05) is 7.11 Å². The molecule has 0 N–H and O–H groups in total. The summed E-state index contributed by atoms with van der Waals surface area (Å²) >= 11 is 0. The molecule has 0 aliphatic heterocycles. The van der Waals surface area contributed by atoms with E-state index in [4.69, 9.17) is 4.74 Å². The number of ether oxygens (including phenoxy) is 1. The van der Waals surface area contributed by atoms with Gasteiger partial charge in [0.15, 0.2) is 29.4 Å². The Labute approximate surface area is 402 Å². The number of rotatable bonds is 13. The van der Waals surface area contributed by atoms with Gasteiger partial charge in [0, 0.05) is 59.1 Å². The molecule has 3 aromatic heterocycles. The smallest absolute Gasteiger partial charge is 0.218 e. The maximum Gasteiger partial charge on any atom is 0.218 e. The Bertz CT molecular complexity index is 3250. The molecule has 3 heterocycles. The normalized spacial score (nSPS) is 14.0. The van der Waals surface area contributed by atoms with Crippen LogP contribution in [0.3, 0.4) is 0 Å². The maximum atomic E-state index is 9.39. The molecule has 0 spiro atoms. The van der Waals surface area contributed by atoms with Gasteiger partial charge in [0.2, 0.25) is 11.4 Å². The Balaban J connectivity index is 1.27. The van der Waals surface area contributed by atoms with Crippen LogP contribution in [-0.4, -0.2) is 7.11 Å². The molecule has 0 saturated carbocycles. The molecular weight excluding hydrogens is 815 g/mol. The number of aryl methyl sites for hydroxylation is 3. The number of pyridine rings is 3. The van der Waals surface area contributed by atoms with Crippen molar-refractivity contribution in [3.05, 3.63) is 257 Å². The van der Waals surface area contributed by atoms with Gasteiger partial charge in [0.05, 0.1) is 11.8 Å². The molecule has 6 aromatic carbocycles. The van der Waals surface area contributed by atoms with Crippen LogP contribution in [0.5, 0.6) is 0 Å².